The van der Waals surface area contributed by atoms with E-state index in [-0.39, 0.29) is 0 Å². The number of ether oxygens (including phenoxy) is 1. The van der Waals surface area contributed by atoms with Gasteiger partial charge in [0.2, 0.25) is 10.0 Å². The van der Waals surface area contributed by atoms with Gasteiger partial charge in [-0.15, -0.1) is 0 Å². The molecule has 0 aromatic heterocycles. The SMILES string of the molecule is Cc1ccc(S(=O)(=O)NCCCC2CCOCC2)cc1. The predicted octanol–water partition coefficient (Wildman–Crippen LogP) is 2.48. The van der Waals surface area contributed by atoms with Crippen molar-refractivity contribution in [2.45, 2.75) is 37.5 Å². The van der Waals surface area contributed by atoms with Gasteiger partial charge in [0.25, 0.3) is 0 Å². The van der Waals surface area contributed by atoms with Gasteiger partial charge >= 0.3 is 0 Å². The molecule has 1 aliphatic rings. The Morgan fingerprint density at radius 3 is 2.50 bits per heavy atom. The zero-order valence-corrected chi connectivity index (χ0v) is 12.8. The van der Waals surface area contributed by atoms with Gasteiger partial charge in [0.1, 0.15) is 0 Å². The largest absolute Gasteiger partial charge is 0.381 e. The molecule has 0 unspecified atom stereocenters. The van der Waals surface area contributed by atoms with Crippen molar-refractivity contribution in [1.82, 2.24) is 4.72 Å². The second-order valence-electron chi connectivity index (χ2n) is 5.41. The number of hydrogen-bond acceptors (Lipinski definition) is 3. The molecular formula is C15H23NO3S. The molecule has 20 heavy (non-hydrogen) atoms. The highest BCUT2D eigenvalue weighted by Crippen LogP contribution is 2.19. The van der Waals surface area contributed by atoms with Crippen LogP contribution in [0.4, 0.5) is 0 Å². The lowest BCUT2D eigenvalue weighted by Crippen LogP contribution is -2.25. The highest BCUT2D eigenvalue weighted by molar-refractivity contribution is 7.89. The first-order valence-electron chi connectivity index (χ1n) is 7.22. The summed E-state index contributed by atoms with van der Waals surface area (Å²) in [7, 11) is -3.35. The van der Waals surface area contributed by atoms with E-state index in [9.17, 15) is 8.42 Å². The third-order valence-electron chi connectivity index (χ3n) is 3.75. The van der Waals surface area contributed by atoms with Gasteiger partial charge in [0, 0.05) is 19.8 Å². The van der Waals surface area contributed by atoms with Crippen LogP contribution in [0.3, 0.4) is 0 Å². The summed E-state index contributed by atoms with van der Waals surface area (Å²) in [6.07, 6.45) is 4.16. The van der Waals surface area contributed by atoms with Crippen LogP contribution in [0.15, 0.2) is 29.2 Å². The van der Waals surface area contributed by atoms with E-state index in [1.54, 1.807) is 12.1 Å². The molecule has 1 heterocycles. The van der Waals surface area contributed by atoms with Crippen molar-refractivity contribution in [3.8, 4) is 0 Å². The molecule has 0 aliphatic carbocycles. The van der Waals surface area contributed by atoms with Gasteiger partial charge in [0.05, 0.1) is 4.90 Å². The van der Waals surface area contributed by atoms with Crippen molar-refractivity contribution in [3.63, 3.8) is 0 Å². The van der Waals surface area contributed by atoms with E-state index in [0.717, 1.165) is 44.5 Å². The first-order chi connectivity index (χ1) is 9.58. The van der Waals surface area contributed by atoms with Gasteiger partial charge in [-0.05, 0) is 50.7 Å². The molecule has 1 aromatic carbocycles. The maximum atomic E-state index is 12.1. The van der Waals surface area contributed by atoms with Crippen molar-refractivity contribution >= 4 is 10.0 Å². The Labute approximate surface area is 121 Å². The van der Waals surface area contributed by atoms with Crippen LogP contribution in [0, 0.1) is 12.8 Å². The molecule has 1 aromatic rings. The Kier molecular flexibility index (Phi) is 5.57. The lowest BCUT2D eigenvalue weighted by Gasteiger charge is -2.21. The van der Waals surface area contributed by atoms with Gasteiger partial charge < -0.3 is 4.74 Å². The molecule has 5 heteroatoms. The Bertz CT molecular complexity index is 504. The third kappa shape index (κ3) is 4.58. The summed E-state index contributed by atoms with van der Waals surface area (Å²) in [5, 5.41) is 0. The molecule has 4 nitrogen and oxygen atoms in total. The maximum absolute atomic E-state index is 12.1. The van der Waals surface area contributed by atoms with Crippen LogP contribution < -0.4 is 4.72 Å². The first kappa shape index (κ1) is 15.5. The van der Waals surface area contributed by atoms with Crippen molar-refractivity contribution in [2.24, 2.45) is 5.92 Å². The van der Waals surface area contributed by atoms with E-state index in [1.165, 1.54) is 0 Å². The molecule has 112 valence electrons. The molecule has 1 saturated heterocycles. The zero-order valence-electron chi connectivity index (χ0n) is 12.0. The summed E-state index contributed by atoms with van der Waals surface area (Å²) in [4.78, 5) is 0.342. The molecule has 0 amide bonds. The van der Waals surface area contributed by atoms with Crippen molar-refractivity contribution < 1.29 is 13.2 Å². The van der Waals surface area contributed by atoms with Gasteiger partial charge in [-0.25, -0.2) is 13.1 Å². The smallest absolute Gasteiger partial charge is 0.240 e. The van der Waals surface area contributed by atoms with Gasteiger partial charge in [-0.1, -0.05) is 17.7 Å². The number of benzene rings is 1. The molecule has 0 radical (unpaired) electrons. The Hall–Kier alpha value is -0.910. The summed E-state index contributed by atoms with van der Waals surface area (Å²) in [5.41, 5.74) is 1.06. The number of sulfonamides is 1. The summed E-state index contributed by atoms with van der Waals surface area (Å²) in [6, 6.07) is 6.93. The molecule has 1 fully saturated rings. The maximum Gasteiger partial charge on any atom is 0.240 e. The summed E-state index contributed by atoms with van der Waals surface area (Å²) >= 11 is 0. The molecule has 1 aliphatic heterocycles. The Morgan fingerprint density at radius 2 is 1.85 bits per heavy atom. The van der Waals surface area contributed by atoms with Crippen LogP contribution in [0.25, 0.3) is 0 Å². The molecule has 1 N–H and O–H groups in total. The van der Waals surface area contributed by atoms with Crippen LogP contribution >= 0.6 is 0 Å². The second-order valence-corrected chi connectivity index (χ2v) is 7.18. The molecule has 0 atom stereocenters. The second kappa shape index (κ2) is 7.20. The summed E-state index contributed by atoms with van der Waals surface area (Å²) in [6.45, 7) is 4.14. The summed E-state index contributed by atoms with van der Waals surface area (Å²) < 4.78 is 32.1. The molecular weight excluding hydrogens is 274 g/mol. The number of hydrogen-bond donors (Lipinski definition) is 1. The van der Waals surface area contributed by atoms with Crippen LogP contribution in [0.5, 0.6) is 0 Å². The Morgan fingerprint density at radius 1 is 1.20 bits per heavy atom. The average Bonchev–Trinajstić information content (AvgIpc) is 2.45. The predicted molar refractivity (Wildman–Crippen MR) is 79.1 cm³/mol. The van der Waals surface area contributed by atoms with Crippen LogP contribution in [-0.4, -0.2) is 28.2 Å². The minimum atomic E-state index is -3.35. The van der Waals surface area contributed by atoms with Crippen LogP contribution in [-0.2, 0) is 14.8 Å². The third-order valence-corrected chi connectivity index (χ3v) is 5.23. The topological polar surface area (TPSA) is 55.4 Å². The molecule has 0 saturated carbocycles. The standard InChI is InChI=1S/C15H23NO3S/c1-13-4-6-15(7-5-13)20(17,18)16-10-2-3-14-8-11-19-12-9-14/h4-7,14,16H,2-3,8-12H2,1H3. The number of nitrogens with one attached hydrogen (secondary N) is 1. The average molecular weight is 297 g/mol. The minimum Gasteiger partial charge on any atom is -0.381 e. The van der Waals surface area contributed by atoms with E-state index < -0.39 is 10.0 Å². The lowest BCUT2D eigenvalue weighted by atomic mass is 9.95. The van der Waals surface area contributed by atoms with Gasteiger partial charge in [-0.3, -0.25) is 0 Å². The highest BCUT2D eigenvalue weighted by atomic mass is 32.2. The molecule has 0 bridgehead atoms. The van der Waals surface area contributed by atoms with Gasteiger partial charge in [0.15, 0.2) is 0 Å². The van der Waals surface area contributed by atoms with E-state index >= 15 is 0 Å². The Balaban J connectivity index is 1.76. The monoisotopic (exact) mass is 297 g/mol. The normalized spacial score (nSPS) is 17.2. The van der Waals surface area contributed by atoms with Gasteiger partial charge in [-0.2, -0.15) is 0 Å². The van der Waals surface area contributed by atoms with Crippen LogP contribution in [0.1, 0.15) is 31.2 Å². The van der Waals surface area contributed by atoms with E-state index in [4.69, 9.17) is 4.74 Å². The van der Waals surface area contributed by atoms with Crippen molar-refractivity contribution in [2.75, 3.05) is 19.8 Å². The van der Waals surface area contributed by atoms with Crippen LogP contribution in [0.2, 0.25) is 0 Å². The van der Waals surface area contributed by atoms with E-state index in [1.807, 2.05) is 19.1 Å². The lowest BCUT2D eigenvalue weighted by molar-refractivity contribution is 0.0634. The molecule has 0 spiro atoms. The fourth-order valence-electron chi connectivity index (χ4n) is 2.43. The molecule has 2 rings (SSSR count). The van der Waals surface area contributed by atoms with Crippen molar-refractivity contribution in [3.05, 3.63) is 29.8 Å². The van der Waals surface area contributed by atoms with E-state index in [2.05, 4.69) is 4.72 Å². The first-order valence-corrected chi connectivity index (χ1v) is 8.70. The van der Waals surface area contributed by atoms with E-state index in [0.29, 0.717) is 17.4 Å². The van der Waals surface area contributed by atoms with Crippen molar-refractivity contribution in [1.29, 1.82) is 0 Å². The number of aryl methyl sites for hydroxylation is 1. The fourth-order valence-corrected chi connectivity index (χ4v) is 3.51. The number of rotatable bonds is 6. The summed E-state index contributed by atoms with van der Waals surface area (Å²) in [5.74, 6) is 0.688. The fraction of sp³-hybridized carbons (Fsp3) is 0.600. The quantitative estimate of drug-likeness (QED) is 0.821. The minimum absolute atomic E-state index is 0.342. The highest BCUT2D eigenvalue weighted by Gasteiger charge is 2.15. The zero-order chi connectivity index (χ0) is 14.4.